The van der Waals surface area contributed by atoms with E-state index < -0.39 is 17.8 Å². The Morgan fingerprint density at radius 1 is 1.11 bits per heavy atom. The summed E-state index contributed by atoms with van der Waals surface area (Å²) >= 11 is 0. The van der Waals surface area contributed by atoms with E-state index in [1.807, 2.05) is 0 Å². The second kappa shape index (κ2) is 8.54. The number of rotatable bonds is 7. The van der Waals surface area contributed by atoms with Crippen molar-refractivity contribution in [3.8, 4) is 0 Å². The number of anilines is 1. The van der Waals surface area contributed by atoms with Gasteiger partial charge in [-0.05, 0) is 40.3 Å². The Balaban J connectivity index is 1.66. The van der Waals surface area contributed by atoms with E-state index in [9.17, 15) is 14.4 Å². The minimum absolute atomic E-state index is 0.0487. The Morgan fingerprint density at radius 3 is 2.68 bits per heavy atom. The average Bonchev–Trinajstić information content (AvgIpc) is 3.19. The monoisotopic (exact) mass is 380 g/mol. The first-order valence-corrected chi connectivity index (χ1v) is 8.18. The maximum Gasteiger partial charge on any atom is 0.340 e. The Hall–Kier alpha value is -4.08. The summed E-state index contributed by atoms with van der Waals surface area (Å²) in [5.41, 5.74) is 6.68. The second-order valence-corrected chi connectivity index (χ2v) is 5.74. The summed E-state index contributed by atoms with van der Waals surface area (Å²) in [5, 5.41) is 13.1. The van der Waals surface area contributed by atoms with Crippen LogP contribution < -0.4 is 11.1 Å². The molecule has 1 aromatic heterocycles. The van der Waals surface area contributed by atoms with Crippen LogP contribution in [0.4, 0.5) is 5.69 Å². The van der Waals surface area contributed by atoms with Gasteiger partial charge in [0.25, 0.3) is 0 Å². The highest BCUT2D eigenvalue weighted by molar-refractivity contribution is 6.01. The molecule has 0 bridgehead atoms. The molecule has 2 amide bonds. The van der Waals surface area contributed by atoms with Gasteiger partial charge in [0.05, 0.1) is 11.3 Å². The number of carbonyl (C=O) groups is 3. The van der Waals surface area contributed by atoms with Crippen molar-refractivity contribution >= 4 is 23.5 Å². The van der Waals surface area contributed by atoms with Gasteiger partial charge in [-0.15, -0.1) is 5.10 Å². The molecular formula is C18H16N6O4. The first-order valence-electron chi connectivity index (χ1n) is 8.18. The first kappa shape index (κ1) is 18.7. The lowest BCUT2D eigenvalue weighted by Crippen LogP contribution is -2.21. The van der Waals surface area contributed by atoms with Crippen LogP contribution in [-0.4, -0.2) is 38.0 Å². The third-order valence-corrected chi connectivity index (χ3v) is 3.70. The molecule has 0 unspecified atom stereocenters. The molecule has 1 heterocycles. The van der Waals surface area contributed by atoms with E-state index in [-0.39, 0.29) is 18.7 Å². The molecule has 0 aliphatic heterocycles. The zero-order valence-corrected chi connectivity index (χ0v) is 14.6. The second-order valence-electron chi connectivity index (χ2n) is 5.74. The van der Waals surface area contributed by atoms with Crippen molar-refractivity contribution in [3.63, 3.8) is 0 Å². The maximum absolute atomic E-state index is 12.5. The zero-order valence-electron chi connectivity index (χ0n) is 14.6. The molecule has 3 rings (SSSR count). The number of nitrogens with one attached hydrogen (secondary N) is 1. The lowest BCUT2D eigenvalue weighted by atomic mass is 10.1. The summed E-state index contributed by atoms with van der Waals surface area (Å²) in [7, 11) is 0. The van der Waals surface area contributed by atoms with E-state index in [4.69, 9.17) is 10.5 Å². The van der Waals surface area contributed by atoms with Crippen LogP contribution in [0.3, 0.4) is 0 Å². The number of carbonyl (C=O) groups excluding carboxylic acids is 3. The Labute approximate surface area is 159 Å². The highest BCUT2D eigenvalue weighted by Crippen LogP contribution is 2.17. The van der Waals surface area contributed by atoms with Crippen molar-refractivity contribution in [2.75, 3.05) is 5.32 Å². The topological polar surface area (TPSA) is 142 Å². The minimum atomic E-state index is -0.622. The van der Waals surface area contributed by atoms with E-state index >= 15 is 0 Å². The molecule has 10 nitrogen and oxygen atoms in total. The fourth-order valence-corrected chi connectivity index (χ4v) is 2.40. The van der Waals surface area contributed by atoms with Crippen LogP contribution in [0.1, 0.15) is 26.3 Å². The summed E-state index contributed by atoms with van der Waals surface area (Å²) in [6, 6.07) is 12.9. The normalized spacial score (nSPS) is 10.3. The molecule has 0 radical (unpaired) electrons. The van der Waals surface area contributed by atoms with E-state index in [0.29, 0.717) is 16.8 Å². The number of amides is 2. The number of para-hydroxylation sites is 1. The number of hydrogen-bond acceptors (Lipinski definition) is 7. The minimum Gasteiger partial charge on any atom is -0.457 e. The predicted octanol–water partition coefficient (Wildman–Crippen LogP) is 0.768. The van der Waals surface area contributed by atoms with Crippen LogP contribution in [0, 0.1) is 0 Å². The van der Waals surface area contributed by atoms with Crippen molar-refractivity contribution in [2.45, 2.75) is 13.2 Å². The van der Waals surface area contributed by atoms with Crippen molar-refractivity contribution in [1.29, 1.82) is 0 Å². The van der Waals surface area contributed by atoms with Gasteiger partial charge < -0.3 is 15.8 Å². The van der Waals surface area contributed by atoms with E-state index in [0.717, 1.165) is 0 Å². The van der Waals surface area contributed by atoms with Gasteiger partial charge in [0.1, 0.15) is 19.5 Å². The highest BCUT2D eigenvalue weighted by Gasteiger charge is 2.15. The Morgan fingerprint density at radius 2 is 1.93 bits per heavy atom. The average molecular weight is 380 g/mol. The third kappa shape index (κ3) is 4.75. The largest absolute Gasteiger partial charge is 0.457 e. The molecular weight excluding hydrogens is 364 g/mol. The van der Waals surface area contributed by atoms with Crippen LogP contribution >= 0.6 is 0 Å². The molecule has 142 valence electrons. The predicted molar refractivity (Wildman–Crippen MR) is 97.0 cm³/mol. The molecule has 0 saturated heterocycles. The van der Waals surface area contributed by atoms with Crippen molar-refractivity contribution in [1.82, 2.24) is 20.2 Å². The summed E-state index contributed by atoms with van der Waals surface area (Å²) < 4.78 is 6.55. The highest BCUT2D eigenvalue weighted by atomic mass is 16.5. The quantitative estimate of drug-likeness (QED) is 0.576. The number of esters is 1. The summed E-state index contributed by atoms with van der Waals surface area (Å²) in [6.07, 6.45) is 1.31. The van der Waals surface area contributed by atoms with E-state index in [1.165, 1.54) is 17.1 Å². The zero-order chi connectivity index (χ0) is 19.9. The van der Waals surface area contributed by atoms with Gasteiger partial charge in [0.15, 0.2) is 0 Å². The number of hydrogen-bond donors (Lipinski definition) is 2. The molecule has 0 spiro atoms. The van der Waals surface area contributed by atoms with Gasteiger partial charge in [-0.3, -0.25) is 9.59 Å². The number of nitrogens with two attached hydrogens (primary N) is 1. The number of ether oxygens (including phenoxy) is 1. The van der Waals surface area contributed by atoms with Crippen LogP contribution in [0.5, 0.6) is 0 Å². The molecule has 2 aromatic carbocycles. The molecule has 28 heavy (non-hydrogen) atoms. The SMILES string of the molecule is NC(=O)c1cccc(COC(=O)c2ccccc2NC(=O)Cn2cnnn2)c1. The first-order chi connectivity index (χ1) is 13.5. The molecule has 0 atom stereocenters. The van der Waals surface area contributed by atoms with Gasteiger partial charge in [0, 0.05) is 5.56 Å². The van der Waals surface area contributed by atoms with Gasteiger partial charge in [-0.1, -0.05) is 24.3 Å². The summed E-state index contributed by atoms with van der Waals surface area (Å²) in [6.45, 7) is -0.150. The van der Waals surface area contributed by atoms with E-state index in [2.05, 4.69) is 20.8 Å². The van der Waals surface area contributed by atoms with E-state index in [1.54, 1.807) is 42.5 Å². The Bertz CT molecular complexity index is 1000. The molecule has 0 aliphatic carbocycles. The summed E-state index contributed by atoms with van der Waals surface area (Å²) in [5.74, 6) is -1.59. The van der Waals surface area contributed by atoms with Gasteiger partial charge in [-0.25, -0.2) is 9.48 Å². The molecule has 3 N–H and O–H groups in total. The molecule has 3 aromatic rings. The standard InChI is InChI=1S/C18H16N6O4/c19-17(26)13-5-3-4-12(8-13)10-28-18(27)14-6-1-2-7-15(14)21-16(25)9-24-11-20-22-23-24/h1-8,11H,9-10H2,(H2,19,26)(H,21,25). The number of benzene rings is 2. The Kier molecular flexibility index (Phi) is 5.70. The smallest absolute Gasteiger partial charge is 0.340 e. The van der Waals surface area contributed by atoms with Crippen molar-refractivity contribution in [3.05, 3.63) is 71.5 Å². The fraction of sp³-hybridized carbons (Fsp3) is 0.111. The number of nitrogens with zero attached hydrogens (tertiary/aromatic N) is 4. The van der Waals surface area contributed by atoms with Crippen LogP contribution in [-0.2, 0) is 22.7 Å². The van der Waals surface area contributed by atoms with Crippen LogP contribution in [0.2, 0.25) is 0 Å². The van der Waals surface area contributed by atoms with Gasteiger partial charge in [-0.2, -0.15) is 0 Å². The van der Waals surface area contributed by atoms with Crippen molar-refractivity contribution in [2.24, 2.45) is 5.73 Å². The number of aromatic nitrogens is 4. The molecule has 0 aliphatic rings. The summed E-state index contributed by atoms with van der Waals surface area (Å²) in [4.78, 5) is 35.8. The van der Waals surface area contributed by atoms with Crippen molar-refractivity contribution < 1.29 is 19.1 Å². The van der Waals surface area contributed by atoms with Crippen LogP contribution in [0.25, 0.3) is 0 Å². The molecule has 0 fully saturated rings. The molecule has 0 saturated carbocycles. The lowest BCUT2D eigenvalue weighted by Gasteiger charge is -2.11. The van der Waals surface area contributed by atoms with Gasteiger partial charge >= 0.3 is 5.97 Å². The fourth-order valence-electron chi connectivity index (χ4n) is 2.40. The maximum atomic E-state index is 12.5. The number of primary amides is 1. The number of tetrazole rings is 1. The van der Waals surface area contributed by atoms with Crippen LogP contribution in [0.15, 0.2) is 54.9 Å². The third-order valence-electron chi connectivity index (χ3n) is 3.70. The lowest BCUT2D eigenvalue weighted by molar-refractivity contribution is -0.116. The van der Waals surface area contributed by atoms with Gasteiger partial charge in [0.2, 0.25) is 11.8 Å². The molecule has 10 heteroatoms.